The van der Waals surface area contributed by atoms with E-state index in [2.05, 4.69) is 6.07 Å². The average molecular weight is 225 g/mol. The molecule has 3 heteroatoms. The van der Waals surface area contributed by atoms with Crippen LogP contribution in [-0.2, 0) is 0 Å². The summed E-state index contributed by atoms with van der Waals surface area (Å²) in [5.74, 6) is 2.14. The van der Waals surface area contributed by atoms with Crippen molar-refractivity contribution in [2.24, 2.45) is 0 Å². The van der Waals surface area contributed by atoms with Crippen molar-refractivity contribution in [3.8, 4) is 23.3 Å². The molecule has 0 amide bonds. The number of ether oxygens (including phenoxy) is 2. The molecule has 0 radical (unpaired) electrons. The maximum Gasteiger partial charge on any atom is 0.128 e. The molecule has 0 heterocycles. The molecule has 0 unspecified atom stereocenters. The van der Waals surface area contributed by atoms with Gasteiger partial charge in [0.2, 0.25) is 0 Å². The predicted octanol–water partition coefficient (Wildman–Crippen LogP) is 3.36. The van der Waals surface area contributed by atoms with Crippen LogP contribution in [-0.4, -0.2) is 7.11 Å². The molecular weight excluding hydrogens is 214 g/mol. The third kappa shape index (κ3) is 2.76. The maximum atomic E-state index is 8.77. The summed E-state index contributed by atoms with van der Waals surface area (Å²) in [5, 5.41) is 8.77. The van der Waals surface area contributed by atoms with Gasteiger partial charge in [0.25, 0.3) is 0 Å². The molecule has 0 saturated carbocycles. The molecule has 2 aromatic carbocycles. The molecule has 0 N–H and O–H groups in total. The number of nitriles is 1. The number of benzene rings is 2. The van der Waals surface area contributed by atoms with Gasteiger partial charge in [-0.25, -0.2) is 0 Å². The molecular formula is C14H11NO2. The minimum atomic E-state index is 0.580. The summed E-state index contributed by atoms with van der Waals surface area (Å²) in [6, 6.07) is 16.4. The van der Waals surface area contributed by atoms with E-state index in [1.165, 1.54) is 0 Å². The molecule has 17 heavy (non-hydrogen) atoms. The summed E-state index contributed by atoms with van der Waals surface area (Å²) < 4.78 is 10.7. The van der Waals surface area contributed by atoms with E-state index in [0.717, 1.165) is 5.75 Å². The van der Waals surface area contributed by atoms with E-state index < -0.39 is 0 Å². The second-order valence-electron chi connectivity index (χ2n) is 3.42. The fourth-order valence-electron chi connectivity index (χ4n) is 1.41. The Bertz CT molecular complexity index is 541. The lowest BCUT2D eigenvalue weighted by molar-refractivity contribution is 0.413. The molecule has 84 valence electrons. The van der Waals surface area contributed by atoms with Crippen LogP contribution in [0.25, 0.3) is 0 Å². The largest absolute Gasteiger partial charge is 0.497 e. The van der Waals surface area contributed by atoms with Gasteiger partial charge in [-0.1, -0.05) is 6.07 Å². The Morgan fingerprint density at radius 2 is 1.65 bits per heavy atom. The molecule has 0 aromatic heterocycles. The fourth-order valence-corrected chi connectivity index (χ4v) is 1.41. The van der Waals surface area contributed by atoms with E-state index in [9.17, 15) is 0 Å². The van der Waals surface area contributed by atoms with Gasteiger partial charge < -0.3 is 9.47 Å². The zero-order chi connectivity index (χ0) is 12.1. The van der Waals surface area contributed by atoms with Crippen LogP contribution in [0.2, 0.25) is 0 Å². The Morgan fingerprint density at radius 1 is 0.941 bits per heavy atom. The quantitative estimate of drug-likeness (QED) is 0.804. The van der Waals surface area contributed by atoms with Crippen LogP contribution in [0.5, 0.6) is 17.2 Å². The summed E-state index contributed by atoms with van der Waals surface area (Å²) >= 11 is 0. The predicted molar refractivity (Wildman–Crippen MR) is 64.2 cm³/mol. The van der Waals surface area contributed by atoms with Crippen molar-refractivity contribution in [2.75, 3.05) is 7.11 Å². The van der Waals surface area contributed by atoms with E-state index in [4.69, 9.17) is 14.7 Å². The van der Waals surface area contributed by atoms with Crippen molar-refractivity contribution in [2.45, 2.75) is 0 Å². The molecule has 3 nitrogen and oxygen atoms in total. The molecule has 2 aromatic rings. The van der Waals surface area contributed by atoms with Crippen LogP contribution in [0.1, 0.15) is 5.56 Å². The van der Waals surface area contributed by atoms with Gasteiger partial charge in [-0.15, -0.1) is 0 Å². The summed E-state index contributed by atoms with van der Waals surface area (Å²) in [4.78, 5) is 0. The number of hydrogen-bond donors (Lipinski definition) is 0. The minimum Gasteiger partial charge on any atom is -0.497 e. The molecule has 2 rings (SSSR count). The highest BCUT2D eigenvalue weighted by Crippen LogP contribution is 2.24. The van der Waals surface area contributed by atoms with E-state index in [-0.39, 0.29) is 0 Å². The molecule has 0 saturated heterocycles. The van der Waals surface area contributed by atoms with Crippen molar-refractivity contribution in [1.82, 2.24) is 0 Å². The Hall–Kier alpha value is -2.47. The number of hydrogen-bond acceptors (Lipinski definition) is 3. The first-order valence-electron chi connectivity index (χ1n) is 5.14. The number of rotatable bonds is 3. The van der Waals surface area contributed by atoms with Gasteiger partial charge in [-0.2, -0.15) is 5.26 Å². The minimum absolute atomic E-state index is 0.580. The van der Waals surface area contributed by atoms with Crippen molar-refractivity contribution < 1.29 is 9.47 Å². The van der Waals surface area contributed by atoms with Gasteiger partial charge >= 0.3 is 0 Å². The van der Waals surface area contributed by atoms with Crippen LogP contribution in [0.4, 0.5) is 0 Å². The Balaban J connectivity index is 2.16. The zero-order valence-electron chi connectivity index (χ0n) is 9.38. The van der Waals surface area contributed by atoms with Gasteiger partial charge in [0.05, 0.1) is 18.7 Å². The third-order valence-corrected chi connectivity index (χ3v) is 2.26. The van der Waals surface area contributed by atoms with Crippen LogP contribution in [0.3, 0.4) is 0 Å². The molecule has 0 aliphatic carbocycles. The highest BCUT2D eigenvalue weighted by Gasteiger charge is 1.99. The molecule has 0 spiro atoms. The van der Waals surface area contributed by atoms with Gasteiger partial charge in [0.15, 0.2) is 0 Å². The highest BCUT2D eigenvalue weighted by atomic mass is 16.5. The Labute approximate surface area is 99.8 Å². The lowest BCUT2D eigenvalue weighted by atomic mass is 10.2. The SMILES string of the molecule is COc1ccc(Oc2cccc(C#N)c2)cc1. The third-order valence-electron chi connectivity index (χ3n) is 2.26. The van der Waals surface area contributed by atoms with Gasteiger partial charge in [-0.05, 0) is 42.5 Å². The summed E-state index contributed by atoms with van der Waals surface area (Å²) in [6.07, 6.45) is 0. The number of nitrogens with zero attached hydrogens (tertiary/aromatic N) is 1. The highest BCUT2D eigenvalue weighted by molar-refractivity contribution is 5.40. The fraction of sp³-hybridized carbons (Fsp3) is 0.0714. The van der Waals surface area contributed by atoms with E-state index in [1.807, 2.05) is 30.3 Å². The average Bonchev–Trinajstić information content (AvgIpc) is 2.40. The van der Waals surface area contributed by atoms with Gasteiger partial charge in [0.1, 0.15) is 17.2 Å². The second kappa shape index (κ2) is 5.04. The molecule has 0 bridgehead atoms. The maximum absolute atomic E-state index is 8.77. The number of methoxy groups -OCH3 is 1. The summed E-state index contributed by atoms with van der Waals surface area (Å²) in [6.45, 7) is 0. The summed E-state index contributed by atoms with van der Waals surface area (Å²) in [7, 11) is 1.62. The van der Waals surface area contributed by atoms with Crippen molar-refractivity contribution in [1.29, 1.82) is 5.26 Å². The van der Waals surface area contributed by atoms with Gasteiger partial charge in [0, 0.05) is 0 Å². The molecule has 0 aliphatic rings. The smallest absolute Gasteiger partial charge is 0.128 e. The van der Waals surface area contributed by atoms with E-state index >= 15 is 0 Å². The Morgan fingerprint density at radius 3 is 2.29 bits per heavy atom. The lowest BCUT2D eigenvalue weighted by Crippen LogP contribution is -1.86. The van der Waals surface area contributed by atoms with Crippen molar-refractivity contribution in [3.63, 3.8) is 0 Å². The Kier molecular flexibility index (Phi) is 3.27. The van der Waals surface area contributed by atoms with E-state index in [0.29, 0.717) is 17.1 Å². The van der Waals surface area contributed by atoms with Crippen LogP contribution >= 0.6 is 0 Å². The normalized spacial score (nSPS) is 9.41. The standard InChI is InChI=1S/C14H11NO2/c1-16-12-5-7-13(8-6-12)17-14-4-2-3-11(9-14)10-15/h2-9H,1H3. The second-order valence-corrected chi connectivity index (χ2v) is 3.42. The first-order chi connectivity index (χ1) is 8.31. The first-order valence-corrected chi connectivity index (χ1v) is 5.14. The van der Waals surface area contributed by atoms with Crippen LogP contribution < -0.4 is 9.47 Å². The summed E-state index contributed by atoms with van der Waals surface area (Å²) in [5.41, 5.74) is 0.580. The van der Waals surface area contributed by atoms with Gasteiger partial charge in [-0.3, -0.25) is 0 Å². The van der Waals surface area contributed by atoms with Crippen molar-refractivity contribution >= 4 is 0 Å². The van der Waals surface area contributed by atoms with E-state index in [1.54, 1.807) is 25.3 Å². The zero-order valence-corrected chi connectivity index (χ0v) is 9.38. The molecule has 0 fully saturated rings. The first kappa shape index (κ1) is 11.0. The molecule has 0 aliphatic heterocycles. The van der Waals surface area contributed by atoms with Crippen molar-refractivity contribution in [3.05, 3.63) is 54.1 Å². The monoisotopic (exact) mass is 225 g/mol. The molecule has 0 atom stereocenters. The van der Waals surface area contributed by atoms with Crippen LogP contribution in [0.15, 0.2) is 48.5 Å². The topological polar surface area (TPSA) is 42.2 Å². The van der Waals surface area contributed by atoms with Crippen LogP contribution in [0, 0.1) is 11.3 Å². The lowest BCUT2D eigenvalue weighted by Gasteiger charge is -2.06.